The van der Waals surface area contributed by atoms with E-state index in [1.165, 1.54) is 12.1 Å². The highest BCUT2D eigenvalue weighted by molar-refractivity contribution is 5.88. The van der Waals surface area contributed by atoms with E-state index in [4.69, 9.17) is 0 Å². The largest absolute Gasteiger partial charge is 0.394 e. The van der Waals surface area contributed by atoms with E-state index in [1.807, 2.05) is 20.8 Å². The molecule has 1 fully saturated rings. The van der Waals surface area contributed by atoms with Crippen LogP contribution in [0.25, 0.3) is 11.1 Å². The summed E-state index contributed by atoms with van der Waals surface area (Å²) in [5.41, 5.74) is 1.04. The summed E-state index contributed by atoms with van der Waals surface area (Å²) in [7, 11) is 0. The first kappa shape index (κ1) is 24.8. The molecule has 0 saturated carbocycles. The normalized spacial score (nSPS) is 17.2. The molecule has 0 bridgehead atoms. The molecule has 1 aliphatic rings. The first-order chi connectivity index (χ1) is 15.5. The van der Waals surface area contributed by atoms with Crippen molar-refractivity contribution < 1.29 is 23.5 Å². The molecule has 0 aliphatic carbocycles. The number of aliphatic hydroxyl groups excluding tert-OH is 1. The SMILES string of the molecule is Cc1ccc(F)c(-c2ccc(C(CO)NC(=O)C3CCCN3C(=O)CC(C)(C)C)cc2)c1F. The lowest BCUT2D eigenvalue weighted by Gasteiger charge is -2.29. The minimum atomic E-state index is -0.695. The van der Waals surface area contributed by atoms with E-state index in [9.17, 15) is 23.5 Å². The van der Waals surface area contributed by atoms with Gasteiger partial charge >= 0.3 is 0 Å². The van der Waals surface area contributed by atoms with Crippen LogP contribution >= 0.6 is 0 Å². The quantitative estimate of drug-likeness (QED) is 0.669. The van der Waals surface area contributed by atoms with E-state index in [1.54, 1.807) is 36.1 Å². The Morgan fingerprint density at radius 2 is 1.82 bits per heavy atom. The summed E-state index contributed by atoms with van der Waals surface area (Å²) < 4.78 is 28.7. The number of nitrogens with one attached hydrogen (secondary N) is 1. The fourth-order valence-electron chi connectivity index (χ4n) is 4.20. The Bertz CT molecular complexity index is 1020. The second-order valence-corrected chi connectivity index (χ2v) is 9.90. The number of amides is 2. The van der Waals surface area contributed by atoms with Crippen molar-refractivity contribution in [3.8, 4) is 11.1 Å². The number of aliphatic hydroxyl groups is 1. The maximum Gasteiger partial charge on any atom is 0.243 e. The first-order valence-electron chi connectivity index (χ1n) is 11.3. The number of likely N-dealkylation sites (tertiary alicyclic amines) is 1. The van der Waals surface area contributed by atoms with Gasteiger partial charge in [0, 0.05) is 13.0 Å². The lowest BCUT2D eigenvalue weighted by molar-refractivity contribution is -0.140. The van der Waals surface area contributed by atoms with E-state index >= 15 is 0 Å². The van der Waals surface area contributed by atoms with Crippen LogP contribution in [0.15, 0.2) is 36.4 Å². The van der Waals surface area contributed by atoms with E-state index < -0.39 is 23.7 Å². The van der Waals surface area contributed by atoms with Crippen molar-refractivity contribution in [3.05, 3.63) is 59.2 Å². The zero-order valence-corrected chi connectivity index (χ0v) is 19.6. The third-order valence-corrected chi connectivity index (χ3v) is 5.94. The van der Waals surface area contributed by atoms with Crippen LogP contribution in [-0.4, -0.2) is 41.0 Å². The Labute approximate surface area is 193 Å². The number of carbonyl (C=O) groups excluding carboxylic acids is 2. The van der Waals surface area contributed by atoms with Gasteiger partial charge in [0.15, 0.2) is 0 Å². The van der Waals surface area contributed by atoms with Crippen LogP contribution < -0.4 is 5.32 Å². The van der Waals surface area contributed by atoms with Gasteiger partial charge in [0.2, 0.25) is 11.8 Å². The molecule has 1 heterocycles. The van der Waals surface area contributed by atoms with E-state index in [0.29, 0.717) is 36.1 Å². The Balaban J connectivity index is 1.74. The van der Waals surface area contributed by atoms with Gasteiger partial charge in [-0.2, -0.15) is 0 Å². The third kappa shape index (κ3) is 5.77. The molecule has 5 nitrogen and oxygen atoms in total. The van der Waals surface area contributed by atoms with Gasteiger partial charge < -0.3 is 15.3 Å². The Kier molecular flexibility index (Phi) is 7.52. The summed E-state index contributed by atoms with van der Waals surface area (Å²) in [6, 6.07) is 7.76. The molecule has 33 heavy (non-hydrogen) atoms. The maximum absolute atomic E-state index is 14.5. The lowest BCUT2D eigenvalue weighted by atomic mass is 9.91. The fraction of sp³-hybridized carbons (Fsp3) is 0.462. The molecule has 2 aromatic rings. The molecule has 178 valence electrons. The maximum atomic E-state index is 14.5. The number of aryl methyl sites for hydroxylation is 1. The minimum Gasteiger partial charge on any atom is -0.394 e. The number of benzene rings is 2. The van der Waals surface area contributed by atoms with E-state index in [-0.39, 0.29) is 29.4 Å². The monoisotopic (exact) mass is 458 g/mol. The van der Waals surface area contributed by atoms with Gasteiger partial charge in [0.05, 0.1) is 18.2 Å². The Morgan fingerprint density at radius 1 is 1.15 bits per heavy atom. The molecule has 7 heteroatoms. The van der Waals surface area contributed by atoms with Crippen LogP contribution in [0.5, 0.6) is 0 Å². The molecule has 1 aliphatic heterocycles. The lowest BCUT2D eigenvalue weighted by Crippen LogP contribution is -2.48. The zero-order valence-electron chi connectivity index (χ0n) is 19.6. The molecule has 0 radical (unpaired) electrons. The van der Waals surface area contributed by atoms with Crippen molar-refractivity contribution in [3.63, 3.8) is 0 Å². The average molecular weight is 459 g/mol. The number of carbonyl (C=O) groups is 2. The third-order valence-electron chi connectivity index (χ3n) is 5.94. The van der Waals surface area contributed by atoms with Crippen LogP contribution in [0.4, 0.5) is 8.78 Å². The molecule has 2 N–H and O–H groups in total. The van der Waals surface area contributed by atoms with Crippen LogP contribution in [0, 0.1) is 24.0 Å². The molecular weight excluding hydrogens is 426 g/mol. The van der Waals surface area contributed by atoms with E-state index in [2.05, 4.69) is 5.32 Å². The van der Waals surface area contributed by atoms with Gasteiger partial charge in [-0.05, 0) is 47.9 Å². The highest BCUT2D eigenvalue weighted by Gasteiger charge is 2.36. The van der Waals surface area contributed by atoms with Crippen molar-refractivity contribution in [1.82, 2.24) is 10.2 Å². The van der Waals surface area contributed by atoms with Crippen molar-refractivity contribution in [2.75, 3.05) is 13.2 Å². The number of nitrogens with zero attached hydrogens (tertiary/aromatic N) is 1. The smallest absolute Gasteiger partial charge is 0.243 e. The first-order valence-corrected chi connectivity index (χ1v) is 11.3. The Morgan fingerprint density at radius 3 is 2.42 bits per heavy atom. The standard InChI is InChI=1S/C26H32F2N2O3/c1-16-7-12-19(27)23(24(16)28)18-10-8-17(9-11-18)20(15-31)29-25(33)21-6-5-13-30(21)22(32)14-26(2,3)4/h7-12,20-21,31H,5-6,13-15H2,1-4H3,(H,29,33). The predicted molar refractivity (Wildman–Crippen MR) is 123 cm³/mol. The Hall–Kier alpha value is -2.80. The highest BCUT2D eigenvalue weighted by atomic mass is 19.1. The molecule has 2 atom stereocenters. The van der Waals surface area contributed by atoms with E-state index in [0.717, 1.165) is 6.42 Å². The molecule has 1 saturated heterocycles. The zero-order chi connectivity index (χ0) is 24.3. The van der Waals surface area contributed by atoms with Gasteiger partial charge in [0.1, 0.15) is 17.7 Å². The summed E-state index contributed by atoms with van der Waals surface area (Å²) in [4.78, 5) is 27.3. The summed E-state index contributed by atoms with van der Waals surface area (Å²) in [6.45, 7) is 7.71. The molecule has 2 aromatic carbocycles. The summed E-state index contributed by atoms with van der Waals surface area (Å²) in [5, 5.41) is 12.7. The summed E-state index contributed by atoms with van der Waals surface area (Å²) in [5.74, 6) is -1.63. The van der Waals surface area contributed by atoms with Crippen LogP contribution in [-0.2, 0) is 9.59 Å². The number of halogens is 2. The average Bonchev–Trinajstić information content (AvgIpc) is 3.25. The van der Waals surface area contributed by atoms with Crippen LogP contribution in [0.1, 0.15) is 57.2 Å². The minimum absolute atomic E-state index is 0.0488. The molecule has 0 spiro atoms. The van der Waals surface area contributed by atoms with Gasteiger partial charge in [-0.15, -0.1) is 0 Å². The van der Waals surface area contributed by atoms with Crippen molar-refractivity contribution >= 4 is 11.8 Å². The summed E-state index contributed by atoms with van der Waals surface area (Å²) in [6.07, 6.45) is 1.68. The van der Waals surface area contributed by atoms with Gasteiger partial charge in [-0.3, -0.25) is 9.59 Å². The number of rotatable bonds is 6. The second-order valence-electron chi connectivity index (χ2n) is 9.90. The molecule has 3 rings (SSSR count). The van der Waals surface area contributed by atoms with Crippen molar-refractivity contribution in [1.29, 1.82) is 0 Å². The van der Waals surface area contributed by atoms with Crippen LogP contribution in [0.2, 0.25) is 0 Å². The number of hydrogen-bond acceptors (Lipinski definition) is 3. The number of hydrogen-bond donors (Lipinski definition) is 2. The molecule has 2 unspecified atom stereocenters. The fourth-order valence-corrected chi connectivity index (χ4v) is 4.20. The molecule has 2 amide bonds. The molecular formula is C26H32F2N2O3. The van der Waals surface area contributed by atoms with Gasteiger partial charge in [-0.25, -0.2) is 8.78 Å². The summed E-state index contributed by atoms with van der Waals surface area (Å²) >= 11 is 0. The van der Waals surface area contributed by atoms with Crippen LogP contribution in [0.3, 0.4) is 0 Å². The topological polar surface area (TPSA) is 69.6 Å². The van der Waals surface area contributed by atoms with Crippen molar-refractivity contribution in [2.24, 2.45) is 5.41 Å². The van der Waals surface area contributed by atoms with Gasteiger partial charge in [0.25, 0.3) is 0 Å². The van der Waals surface area contributed by atoms with Gasteiger partial charge in [-0.1, -0.05) is 51.1 Å². The van der Waals surface area contributed by atoms with Crippen molar-refractivity contribution in [2.45, 2.75) is 59.0 Å². The highest BCUT2D eigenvalue weighted by Crippen LogP contribution is 2.30. The second kappa shape index (κ2) is 10.00. The molecule has 0 aromatic heterocycles. The predicted octanol–water partition coefficient (Wildman–Crippen LogP) is 4.52.